The Hall–Kier alpha value is -3.35. The zero-order valence-electron chi connectivity index (χ0n) is 19.0. The van der Waals surface area contributed by atoms with E-state index < -0.39 is 5.54 Å². The Bertz CT molecular complexity index is 1180. The number of piperazine rings is 1. The van der Waals surface area contributed by atoms with Crippen LogP contribution >= 0.6 is 0 Å². The SMILES string of the molecule is COc1ccccc1CN1CCN(C2(c3cccc(C)n3)C(=O)c3ccccc3C2=O)CC1. The van der Waals surface area contributed by atoms with Gasteiger partial charge >= 0.3 is 0 Å². The molecule has 1 aliphatic heterocycles. The highest BCUT2D eigenvalue weighted by Crippen LogP contribution is 2.42. The number of nitrogens with zero attached hydrogens (tertiary/aromatic N) is 3. The standard InChI is InChI=1S/C27H27N3O3/c1-19-8-7-13-24(28-19)27(25(31)21-10-4-5-11-22(21)26(27)32)30-16-14-29(15-17-30)18-20-9-3-6-12-23(20)33-2/h3-13H,14-18H2,1-2H3. The summed E-state index contributed by atoms with van der Waals surface area (Å²) in [5.74, 6) is 0.538. The number of methoxy groups -OCH3 is 1. The second-order valence-electron chi connectivity index (χ2n) is 8.65. The van der Waals surface area contributed by atoms with E-state index in [9.17, 15) is 9.59 Å². The van der Waals surface area contributed by atoms with Gasteiger partial charge < -0.3 is 4.74 Å². The summed E-state index contributed by atoms with van der Waals surface area (Å²) in [4.78, 5) is 36.8. The molecule has 1 fully saturated rings. The molecule has 2 heterocycles. The molecule has 0 amide bonds. The predicted molar refractivity (Wildman–Crippen MR) is 126 cm³/mol. The number of rotatable bonds is 5. The molecule has 6 nitrogen and oxygen atoms in total. The molecule has 1 saturated heterocycles. The molecule has 0 saturated carbocycles. The average Bonchev–Trinajstić information content (AvgIpc) is 3.08. The summed E-state index contributed by atoms with van der Waals surface area (Å²) in [6.07, 6.45) is 0. The number of pyridine rings is 1. The number of benzene rings is 2. The predicted octanol–water partition coefficient (Wildman–Crippen LogP) is 3.49. The molecule has 33 heavy (non-hydrogen) atoms. The van der Waals surface area contributed by atoms with Gasteiger partial charge in [0.2, 0.25) is 0 Å². The van der Waals surface area contributed by atoms with Crippen molar-refractivity contribution in [2.24, 2.45) is 0 Å². The number of hydrogen-bond acceptors (Lipinski definition) is 6. The molecule has 2 aliphatic rings. The number of ketones is 2. The van der Waals surface area contributed by atoms with E-state index in [-0.39, 0.29) is 11.6 Å². The van der Waals surface area contributed by atoms with Crippen molar-refractivity contribution >= 4 is 11.6 Å². The number of carbonyl (C=O) groups is 2. The van der Waals surface area contributed by atoms with E-state index in [1.807, 2.05) is 60.4 Å². The van der Waals surface area contributed by atoms with Crippen molar-refractivity contribution in [2.45, 2.75) is 19.0 Å². The molecule has 6 heteroatoms. The lowest BCUT2D eigenvalue weighted by atomic mass is 9.85. The minimum absolute atomic E-state index is 0.167. The van der Waals surface area contributed by atoms with Crippen LogP contribution in [0.3, 0.4) is 0 Å². The third-order valence-electron chi connectivity index (χ3n) is 6.77. The molecule has 0 N–H and O–H groups in total. The summed E-state index contributed by atoms with van der Waals surface area (Å²) in [6, 6.07) is 20.7. The second kappa shape index (κ2) is 8.54. The van der Waals surface area contributed by atoms with Gasteiger partial charge in [-0.2, -0.15) is 0 Å². The number of carbonyl (C=O) groups excluding carboxylic acids is 2. The van der Waals surface area contributed by atoms with Gasteiger partial charge in [-0.3, -0.25) is 24.4 Å². The summed E-state index contributed by atoms with van der Waals surface area (Å²) < 4.78 is 5.50. The maximum atomic E-state index is 13.9. The number of hydrogen-bond donors (Lipinski definition) is 0. The second-order valence-corrected chi connectivity index (χ2v) is 8.65. The molecule has 0 bridgehead atoms. The van der Waals surface area contributed by atoms with Crippen molar-refractivity contribution in [3.8, 4) is 5.75 Å². The molecule has 5 rings (SSSR count). The van der Waals surface area contributed by atoms with E-state index in [4.69, 9.17) is 4.74 Å². The summed E-state index contributed by atoms with van der Waals surface area (Å²) in [5, 5.41) is 0. The van der Waals surface area contributed by atoms with Crippen molar-refractivity contribution in [2.75, 3.05) is 33.3 Å². The van der Waals surface area contributed by atoms with Crippen molar-refractivity contribution in [1.29, 1.82) is 0 Å². The third-order valence-corrected chi connectivity index (χ3v) is 6.77. The lowest BCUT2D eigenvalue weighted by molar-refractivity contribution is 0.0265. The molecule has 1 aromatic heterocycles. The number of aryl methyl sites for hydroxylation is 1. The van der Waals surface area contributed by atoms with E-state index in [1.54, 1.807) is 19.2 Å². The number of fused-ring (bicyclic) bond motifs is 1. The first-order chi connectivity index (χ1) is 16.1. The van der Waals surface area contributed by atoms with Crippen molar-refractivity contribution in [3.63, 3.8) is 0 Å². The minimum atomic E-state index is -1.40. The summed E-state index contributed by atoms with van der Waals surface area (Å²) in [6.45, 7) is 5.31. The zero-order valence-corrected chi connectivity index (χ0v) is 19.0. The number of Topliss-reactive ketones (excluding diaryl/α,β-unsaturated/α-hetero) is 2. The van der Waals surface area contributed by atoms with E-state index in [2.05, 4.69) is 16.0 Å². The lowest BCUT2D eigenvalue weighted by Gasteiger charge is -2.43. The van der Waals surface area contributed by atoms with E-state index in [0.717, 1.165) is 36.6 Å². The molecule has 0 atom stereocenters. The quantitative estimate of drug-likeness (QED) is 0.565. The van der Waals surface area contributed by atoms with Crippen LogP contribution < -0.4 is 4.74 Å². The smallest absolute Gasteiger partial charge is 0.198 e. The van der Waals surface area contributed by atoms with Crippen molar-refractivity contribution in [1.82, 2.24) is 14.8 Å². The summed E-state index contributed by atoms with van der Waals surface area (Å²) in [5.41, 5.74) is 2.02. The normalized spacial score (nSPS) is 18.4. The Morgan fingerprint density at radius 3 is 2.12 bits per heavy atom. The van der Waals surface area contributed by atoms with Gasteiger partial charge in [0.1, 0.15) is 5.75 Å². The van der Waals surface area contributed by atoms with E-state index in [1.165, 1.54) is 0 Å². The van der Waals surface area contributed by atoms with Gasteiger partial charge in [-0.1, -0.05) is 48.5 Å². The first-order valence-corrected chi connectivity index (χ1v) is 11.3. The third kappa shape index (κ3) is 3.46. The van der Waals surface area contributed by atoms with Gasteiger partial charge in [-0.15, -0.1) is 0 Å². The molecule has 2 aromatic carbocycles. The van der Waals surface area contributed by atoms with Crippen LogP contribution in [0.1, 0.15) is 37.7 Å². The highest BCUT2D eigenvalue weighted by Gasteiger charge is 2.59. The highest BCUT2D eigenvalue weighted by atomic mass is 16.5. The van der Waals surface area contributed by atoms with Gasteiger partial charge in [-0.25, -0.2) is 0 Å². The molecular formula is C27H27N3O3. The van der Waals surface area contributed by atoms with Gasteiger partial charge in [0.05, 0.1) is 12.8 Å². The number of ether oxygens (including phenoxy) is 1. The minimum Gasteiger partial charge on any atom is -0.496 e. The van der Waals surface area contributed by atoms with Crippen molar-refractivity contribution < 1.29 is 14.3 Å². The fraction of sp³-hybridized carbons (Fsp3) is 0.296. The van der Waals surface area contributed by atoms with Crippen LogP contribution in [0.2, 0.25) is 0 Å². The number of aromatic nitrogens is 1. The van der Waals surface area contributed by atoms with Crippen molar-refractivity contribution in [3.05, 3.63) is 94.8 Å². The molecule has 0 spiro atoms. The van der Waals surface area contributed by atoms with Gasteiger partial charge in [0, 0.05) is 55.1 Å². The maximum Gasteiger partial charge on any atom is 0.198 e. The highest BCUT2D eigenvalue weighted by molar-refractivity contribution is 6.32. The number of para-hydroxylation sites is 1. The van der Waals surface area contributed by atoms with E-state index in [0.29, 0.717) is 29.9 Å². The van der Waals surface area contributed by atoms with Gasteiger partial charge in [0.25, 0.3) is 0 Å². The first kappa shape index (κ1) is 21.5. The molecule has 0 radical (unpaired) electrons. The molecule has 0 unspecified atom stereocenters. The Kier molecular flexibility index (Phi) is 5.56. The average molecular weight is 442 g/mol. The van der Waals surface area contributed by atoms with Gasteiger partial charge in [-0.05, 0) is 25.1 Å². The molecule has 168 valence electrons. The fourth-order valence-corrected chi connectivity index (χ4v) is 5.11. The topological polar surface area (TPSA) is 62.7 Å². The Morgan fingerprint density at radius 2 is 1.48 bits per heavy atom. The summed E-state index contributed by atoms with van der Waals surface area (Å²) in [7, 11) is 1.68. The Balaban J connectivity index is 1.46. The Morgan fingerprint density at radius 1 is 0.848 bits per heavy atom. The molecule has 1 aliphatic carbocycles. The molecule has 3 aromatic rings. The zero-order chi connectivity index (χ0) is 23.0. The van der Waals surface area contributed by atoms with Crippen LogP contribution in [0.4, 0.5) is 0 Å². The molecular weight excluding hydrogens is 414 g/mol. The van der Waals surface area contributed by atoms with Crippen LogP contribution in [0.5, 0.6) is 5.75 Å². The monoisotopic (exact) mass is 441 g/mol. The van der Waals surface area contributed by atoms with Crippen LogP contribution in [0, 0.1) is 6.92 Å². The fourth-order valence-electron chi connectivity index (χ4n) is 5.11. The van der Waals surface area contributed by atoms with Crippen LogP contribution in [-0.4, -0.2) is 59.6 Å². The van der Waals surface area contributed by atoms with Crippen LogP contribution in [0.25, 0.3) is 0 Å². The first-order valence-electron chi connectivity index (χ1n) is 11.3. The Labute approximate surface area is 193 Å². The maximum absolute atomic E-state index is 13.9. The largest absolute Gasteiger partial charge is 0.496 e. The van der Waals surface area contributed by atoms with E-state index >= 15 is 0 Å². The lowest BCUT2D eigenvalue weighted by Crippen LogP contribution is -2.60. The van der Waals surface area contributed by atoms with Crippen LogP contribution in [-0.2, 0) is 12.1 Å². The summed E-state index contributed by atoms with van der Waals surface area (Å²) >= 11 is 0. The van der Waals surface area contributed by atoms with Crippen LogP contribution in [0.15, 0.2) is 66.7 Å². The van der Waals surface area contributed by atoms with Gasteiger partial charge in [0.15, 0.2) is 17.1 Å².